The first-order valence-electron chi connectivity index (χ1n) is 5.69. The molecule has 2 heterocycles. The summed E-state index contributed by atoms with van der Waals surface area (Å²) < 4.78 is 16.6. The molecule has 7 nitrogen and oxygen atoms in total. The van der Waals surface area contributed by atoms with Crippen molar-refractivity contribution in [2.45, 2.75) is 19.8 Å². The third-order valence-electron chi connectivity index (χ3n) is 2.58. The first-order valence-corrected chi connectivity index (χ1v) is 7.30. The fourth-order valence-electron chi connectivity index (χ4n) is 1.78. The summed E-state index contributed by atoms with van der Waals surface area (Å²) in [5.41, 5.74) is 6.60. The highest BCUT2D eigenvalue weighted by atomic mass is 31.2. The van der Waals surface area contributed by atoms with Crippen molar-refractivity contribution in [3.05, 3.63) is 24.1 Å². The number of furan rings is 1. The van der Waals surface area contributed by atoms with Crippen molar-refractivity contribution in [3.8, 4) is 11.5 Å². The van der Waals surface area contributed by atoms with Gasteiger partial charge in [-0.05, 0) is 12.5 Å². The van der Waals surface area contributed by atoms with Crippen LogP contribution in [0.5, 0.6) is 0 Å². The van der Waals surface area contributed by atoms with Crippen LogP contribution in [-0.4, -0.2) is 19.8 Å². The molecule has 4 N–H and O–H groups in total. The minimum Gasteiger partial charge on any atom is -0.462 e. The summed E-state index contributed by atoms with van der Waals surface area (Å²) in [7, 11) is -4.42. The molecular weight excluding hydrogens is 269 g/mol. The highest BCUT2D eigenvalue weighted by Crippen LogP contribution is 2.38. The molecule has 0 bridgehead atoms. The second-order valence-corrected chi connectivity index (χ2v) is 5.60. The van der Waals surface area contributed by atoms with Crippen LogP contribution >= 0.6 is 7.60 Å². The van der Waals surface area contributed by atoms with Gasteiger partial charge in [0, 0.05) is 11.8 Å². The summed E-state index contributed by atoms with van der Waals surface area (Å²) in [5, 5.41) is -0.192. The molecule has 0 spiro atoms. The van der Waals surface area contributed by atoms with Gasteiger partial charge in [-0.15, -0.1) is 0 Å². The Labute approximate surface area is 109 Å². The zero-order valence-electron chi connectivity index (χ0n) is 10.3. The Bertz CT molecular complexity index is 635. The Hall–Kier alpha value is -1.69. The highest BCUT2D eigenvalue weighted by molar-refractivity contribution is 7.60. The Kier molecular flexibility index (Phi) is 3.71. The third kappa shape index (κ3) is 2.84. The molecule has 0 fully saturated rings. The topological polar surface area (TPSA) is 122 Å². The largest absolute Gasteiger partial charge is 0.462 e. The van der Waals surface area contributed by atoms with Crippen LogP contribution in [0.25, 0.3) is 11.5 Å². The number of aryl methyl sites for hydroxylation is 1. The molecule has 0 aromatic carbocycles. The molecule has 2 rings (SSSR count). The summed E-state index contributed by atoms with van der Waals surface area (Å²) in [6, 6.07) is 1.24. The number of aromatic nitrogens is 2. The smallest absolute Gasteiger partial charge is 0.360 e. The normalized spacial score (nSPS) is 11.7. The molecular formula is C11H14N3O4P. The van der Waals surface area contributed by atoms with Crippen LogP contribution in [0.3, 0.4) is 0 Å². The lowest BCUT2D eigenvalue weighted by Crippen LogP contribution is -2.08. The number of rotatable bonds is 4. The average Bonchev–Trinajstić information content (AvgIpc) is 2.80. The van der Waals surface area contributed by atoms with E-state index >= 15 is 0 Å². The second kappa shape index (κ2) is 5.13. The monoisotopic (exact) mass is 283 g/mol. The maximum Gasteiger partial charge on any atom is 0.360 e. The van der Waals surface area contributed by atoms with E-state index in [0.29, 0.717) is 12.1 Å². The molecule has 0 aliphatic rings. The average molecular weight is 283 g/mol. The minimum absolute atomic E-state index is 0.0305. The number of hydrogen-bond acceptors (Lipinski definition) is 5. The van der Waals surface area contributed by atoms with E-state index in [-0.39, 0.29) is 17.0 Å². The van der Waals surface area contributed by atoms with E-state index < -0.39 is 7.60 Å². The number of nitrogen functional groups attached to an aromatic ring is 1. The summed E-state index contributed by atoms with van der Waals surface area (Å²) in [5.74, 6) is 0.0776. The Morgan fingerprint density at radius 1 is 1.47 bits per heavy atom. The van der Waals surface area contributed by atoms with E-state index in [2.05, 4.69) is 9.97 Å². The first-order chi connectivity index (χ1) is 8.93. The van der Waals surface area contributed by atoms with Gasteiger partial charge in [0.05, 0.1) is 6.26 Å². The van der Waals surface area contributed by atoms with Crippen molar-refractivity contribution in [2.24, 2.45) is 0 Å². The van der Waals surface area contributed by atoms with Crippen molar-refractivity contribution in [2.75, 3.05) is 5.73 Å². The Morgan fingerprint density at radius 3 is 2.84 bits per heavy atom. The maximum absolute atomic E-state index is 11.4. The molecule has 8 heteroatoms. The number of anilines is 1. The van der Waals surface area contributed by atoms with E-state index in [1.807, 2.05) is 6.92 Å². The molecule has 0 radical (unpaired) electrons. The lowest BCUT2D eigenvalue weighted by atomic mass is 10.1. The van der Waals surface area contributed by atoms with Crippen LogP contribution in [0.4, 0.5) is 5.95 Å². The summed E-state index contributed by atoms with van der Waals surface area (Å²) in [6.07, 6.45) is 4.27. The molecule has 0 aliphatic heterocycles. The zero-order chi connectivity index (χ0) is 14.0. The molecule has 0 saturated heterocycles. The Morgan fingerprint density at radius 2 is 2.21 bits per heavy atom. The third-order valence-corrected chi connectivity index (χ3v) is 3.56. The van der Waals surface area contributed by atoms with Gasteiger partial charge in [-0.3, -0.25) is 4.57 Å². The van der Waals surface area contributed by atoms with Gasteiger partial charge >= 0.3 is 7.60 Å². The lowest BCUT2D eigenvalue weighted by molar-refractivity contribution is 0.387. The van der Waals surface area contributed by atoms with Gasteiger partial charge in [0.15, 0.2) is 5.76 Å². The van der Waals surface area contributed by atoms with Gasteiger partial charge in [-0.1, -0.05) is 13.3 Å². The standard InChI is InChI=1S/C11H14N3O4P/c1-2-3-7-6-13-11(12)14-9(7)10-8(4-5-18-10)19(15,16)17/h4-6H,2-3H2,1H3,(H2,12,13,14)(H2,15,16,17). The van der Waals surface area contributed by atoms with Crippen LogP contribution in [0.1, 0.15) is 18.9 Å². The number of hydrogen-bond donors (Lipinski definition) is 3. The quantitative estimate of drug-likeness (QED) is 0.717. The number of nitrogens with zero attached hydrogens (tertiary/aromatic N) is 2. The summed E-state index contributed by atoms with van der Waals surface area (Å²) in [4.78, 5) is 26.5. The molecule has 2 aromatic heterocycles. The molecule has 102 valence electrons. The predicted molar refractivity (Wildman–Crippen MR) is 69.8 cm³/mol. The van der Waals surface area contributed by atoms with Gasteiger partial charge in [-0.2, -0.15) is 0 Å². The van der Waals surface area contributed by atoms with Crippen molar-refractivity contribution in [3.63, 3.8) is 0 Å². The van der Waals surface area contributed by atoms with E-state index in [1.165, 1.54) is 12.3 Å². The van der Waals surface area contributed by atoms with Gasteiger partial charge in [0.1, 0.15) is 11.0 Å². The fourth-order valence-corrected chi connectivity index (χ4v) is 2.46. The maximum atomic E-state index is 11.4. The van der Waals surface area contributed by atoms with Crippen molar-refractivity contribution >= 4 is 18.8 Å². The van der Waals surface area contributed by atoms with Gasteiger partial charge in [0.25, 0.3) is 0 Å². The molecule has 0 amide bonds. The summed E-state index contributed by atoms with van der Waals surface area (Å²) in [6.45, 7) is 1.98. The van der Waals surface area contributed by atoms with Gasteiger partial charge in [-0.25, -0.2) is 9.97 Å². The van der Waals surface area contributed by atoms with Crippen molar-refractivity contribution < 1.29 is 18.8 Å². The molecule has 0 aliphatic carbocycles. The molecule has 0 unspecified atom stereocenters. The first kappa shape index (κ1) is 13.7. The highest BCUT2D eigenvalue weighted by Gasteiger charge is 2.27. The SMILES string of the molecule is CCCc1cnc(N)nc1-c1occc1P(=O)(O)O. The summed E-state index contributed by atoms with van der Waals surface area (Å²) >= 11 is 0. The lowest BCUT2D eigenvalue weighted by Gasteiger charge is -2.08. The van der Waals surface area contributed by atoms with Crippen molar-refractivity contribution in [1.29, 1.82) is 0 Å². The van der Waals surface area contributed by atoms with E-state index in [0.717, 1.165) is 12.0 Å². The molecule has 2 aromatic rings. The minimum atomic E-state index is -4.42. The van der Waals surface area contributed by atoms with E-state index in [4.69, 9.17) is 10.2 Å². The van der Waals surface area contributed by atoms with Gasteiger partial charge in [0.2, 0.25) is 5.95 Å². The fraction of sp³-hybridized carbons (Fsp3) is 0.273. The van der Waals surface area contributed by atoms with Crippen LogP contribution in [-0.2, 0) is 11.0 Å². The van der Waals surface area contributed by atoms with E-state index in [1.54, 1.807) is 6.20 Å². The van der Waals surface area contributed by atoms with Crippen molar-refractivity contribution in [1.82, 2.24) is 9.97 Å². The molecule has 0 saturated carbocycles. The van der Waals surface area contributed by atoms with Crippen LogP contribution < -0.4 is 11.0 Å². The Balaban J connectivity index is 2.62. The van der Waals surface area contributed by atoms with Crippen LogP contribution in [0.2, 0.25) is 0 Å². The van der Waals surface area contributed by atoms with Crippen LogP contribution in [0, 0.1) is 0 Å². The van der Waals surface area contributed by atoms with Crippen LogP contribution in [0.15, 0.2) is 22.9 Å². The second-order valence-electron chi connectivity index (χ2n) is 4.03. The predicted octanol–water partition coefficient (Wildman–Crippen LogP) is 1.07. The molecule has 0 atom stereocenters. The zero-order valence-corrected chi connectivity index (χ0v) is 11.2. The number of nitrogens with two attached hydrogens (primary N) is 1. The van der Waals surface area contributed by atoms with Gasteiger partial charge < -0.3 is 19.9 Å². The van der Waals surface area contributed by atoms with E-state index in [9.17, 15) is 14.4 Å². The molecule has 19 heavy (non-hydrogen) atoms.